The quantitative estimate of drug-likeness (QED) is 0.682. The maximum Gasteiger partial charge on any atom is 0.302 e. The zero-order valence-corrected chi connectivity index (χ0v) is 15.5. The topological polar surface area (TPSA) is 60.4 Å². The summed E-state index contributed by atoms with van der Waals surface area (Å²) >= 11 is 0. The Morgan fingerprint density at radius 3 is 2.48 bits per heavy atom. The van der Waals surface area contributed by atoms with E-state index in [2.05, 4.69) is 13.8 Å². The number of ether oxygens (including phenoxy) is 1. The molecule has 0 unspecified atom stereocenters. The highest BCUT2D eigenvalue weighted by Gasteiger charge is 2.61. The maximum absolute atomic E-state index is 13.1. The average Bonchev–Trinajstić information content (AvgIpc) is 2.84. The lowest BCUT2D eigenvalue weighted by Gasteiger charge is -2.55. The van der Waals surface area contributed by atoms with Crippen LogP contribution in [0.2, 0.25) is 0 Å². The normalized spacial score (nSPS) is 46.0. The van der Waals surface area contributed by atoms with Gasteiger partial charge in [0, 0.05) is 31.1 Å². The molecule has 136 valence electrons. The highest BCUT2D eigenvalue weighted by atomic mass is 16.5. The van der Waals surface area contributed by atoms with Gasteiger partial charge in [-0.15, -0.1) is 0 Å². The summed E-state index contributed by atoms with van der Waals surface area (Å²) < 4.78 is 5.42. The second-order valence-corrected chi connectivity index (χ2v) is 9.12. The van der Waals surface area contributed by atoms with Crippen molar-refractivity contribution in [1.29, 1.82) is 0 Å². The second kappa shape index (κ2) is 5.52. The highest BCUT2D eigenvalue weighted by Crippen LogP contribution is 2.63. The molecule has 6 atom stereocenters. The van der Waals surface area contributed by atoms with Gasteiger partial charge in [0.15, 0.2) is 5.78 Å². The zero-order chi connectivity index (χ0) is 18.0. The van der Waals surface area contributed by atoms with E-state index in [1.54, 1.807) is 0 Å². The first-order valence-corrected chi connectivity index (χ1v) is 9.71. The van der Waals surface area contributed by atoms with E-state index < -0.39 is 0 Å². The largest absolute Gasteiger partial charge is 0.462 e. The molecule has 4 rings (SSSR count). The van der Waals surface area contributed by atoms with Crippen LogP contribution in [0, 0.1) is 28.6 Å². The third-order valence-corrected chi connectivity index (χ3v) is 7.94. The summed E-state index contributed by atoms with van der Waals surface area (Å²) in [6, 6.07) is 0. The van der Waals surface area contributed by atoms with Gasteiger partial charge in [0.2, 0.25) is 0 Å². The zero-order valence-electron chi connectivity index (χ0n) is 15.5. The van der Waals surface area contributed by atoms with Crippen molar-refractivity contribution in [2.75, 3.05) is 0 Å². The molecule has 0 radical (unpaired) electrons. The minimum atomic E-state index is -0.284. The van der Waals surface area contributed by atoms with E-state index in [0.717, 1.165) is 32.1 Å². The molecule has 4 heteroatoms. The van der Waals surface area contributed by atoms with Crippen LogP contribution in [0.4, 0.5) is 0 Å². The number of rotatable bonds is 1. The van der Waals surface area contributed by atoms with Crippen molar-refractivity contribution in [3.8, 4) is 0 Å². The van der Waals surface area contributed by atoms with Crippen molar-refractivity contribution in [2.45, 2.75) is 71.8 Å². The molecule has 0 aliphatic heterocycles. The summed E-state index contributed by atoms with van der Waals surface area (Å²) in [5, 5.41) is 0. The van der Waals surface area contributed by atoms with Crippen LogP contribution in [0.1, 0.15) is 65.7 Å². The number of hydrogen-bond donors (Lipinski definition) is 0. The number of Topliss-reactive ketones (excluding diaryl/α,β-unsaturated/α-hetero) is 1. The summed E-state index contributed by atoms with van der Waals surface area (Å²) in [5.41, 5.74) is 0.902. The Morgan fingerprint density at radius 1 is 1.08 bits per heavy atom. The molecule has 0 aromatic heterocycles. The van der Waals surface area contributed by atoms with Crippen LogP contribution < -0.4 is 0 Å². The van der Waals surface area contributed by atoms with Crippen LogP contribution in [-0.4, -0.2) is 23.6 Å². The Hall–Kier alpha value is -1.45. The number of carbonyl (C=O) groups is 3. The molecule has 4 aliphatic carbocycles. The summed E-state index contributed by atoms with van der Waals surface area (Å²) in [4.78, 5) is 36.8. The van der Waals surface area contributed by atoms with Gasteiger partial charge in [-0.2, -0.15) is 0 Å². The Morgan fingerprint density at radius 2 is 1.76 bits per heavy atom. The molecule has 0 amide bonds. The van der Waals surface area contributed by atoms with Crippen LogP contribution in [0.25, 0.3) is 0 Å². The number of carbonyl (C=O) groups excluding carboxylic acids is 3. The van der Waals surface area contributed by atoms with Crippen LogP contribution in [-0.2, 0) is 19.1 Å². The Balaban J connectivity index is 1.67. The summed E-state index contributed by atoms with van der Waals surface area (Å²) in [7, 11) is 0. The van der Waals surface area contributed by atoms with Gasteiger partial charge in [0.05, 0.1) is 0 Å². The third kappa shape index (κ3) is 2.36. The molecule has 0 heterocycles. The minimum Gasteiger partial charge on any atom is -0.462 e. The van der Waals surface area contributed by atoms with Gasteiger partial charge in [-0.25, -0.2) is 0 Å². The van der Waals surface area contributed by atoms with Gasteiger partial charge in [0.1, 0.15) is 11.9 Å². The predicted octanol–water partition coefficient (Wildman–Crippen LogP) is 3.63. The van der Waals surface area contributed by atoms with E-state index in [0.29, 0.717) is 24.5 Å². The molecule has 0 N–H and O–H groups in total. The molecule has 0 aromatic carbocycles. The Kier molecular flexibility index (Phi) is 3.75. The minimum absolute atomic E-state index is 0.00391. The molecule has 0 aromatic rings. The Bertz CT molecular complexity index is 677. The SMILES string of the molecule is CC(=O)O[C@@H]1CC[C@]2(C)C(=CC(=O)[C@H]3[C@H]4CCC(=O)[C@]4(C)CC[C@H]32)C1. The maximum atomic E-state index is 13.1. The lowest BCUT2D eigenvalue weighted by molar-refractivity contribution is -0.149. The predicted molar refractivity (Wildman–Crippen MR) is 92.7 cm³/mol. The van der Waals surface area contributed by atoms with Gasteiger partial charge in [-0.3, -0.25) is 14.4 Å². The van der Waals surface area contributed by atoms with Crippen LogP contribution >= 0.6 is 0 Å². The number of ketones is 2. The second-order valence-electron chi connectivity index (χ2n) is 9.12. The third-order valence-electron chi connectivity index (χ3n) is 7.94. The van der Waals surface area contributed by atoms with E-state index in [1.807, 2.05) is 6.08 Å². The van der Waals surface area contributed by atoms with Crippen LogP contribution in [0.5, 0.6) is 0 Å². The highest BCUT2D eigenvalue weighted by molar-refractivity contribution is 5.96. The fourth-order valence-electron chi connectivity index (χ4n) is 6.48. The lowest BCUT2D eigenvalue weighted by atomic mass is 9.48. The average molecular weight is 344 g/mol. The smallest absolute Gasteiger partial charge is 0.302 e. The van der Waals surface area contributed by atoms with E-state index in [-0.39, 0.29) is 40.5 Å². The molecule has 3 saturated carbocycles. The summed E-state index contributed by atoms with van der Waals surface area (Å²) in [6.07, 6.45) is 7.66. The number of allylic oxidation sites excluding steroid dienone is 1. The molecule has 0 bridgehead atoms. The molecule has 4 nitrogen and oxygen atoms in total. The first-order valence-electron chi connectivity index (χ1n) is 9.71. The van der Waals surface area contributed by atoms with Gasteiger partial charge in [0.25, 0.3) is 0 Å². The van der Waals surface area contributed by atoms with Crippen LogP contribution in [0.15, 0.2) is 11.6 Å². The Labute approximate surface area is 149 Å². The first-order chi connectivity index (χ1) is 11.8. The standard InChI is InChI=1S/C21H28O4/c1-12(22)25-14-6-8-20(2)13(10-14)11-17(23)19-15-4-5-18(24)21(15,3)9-7-16(19)20/h11,14-16,19H,4-10H2,1-3H3/t14-,15-,16-,19+,20-,21-/m1/s1. The van der Waals surface area contributed by atoms with Crippen molar-refractivity contribution >= 4 is 17.5 Å². The van der Waals surface area contributed by atoms with Gasteiger partial charge in [-0.1, -0.05) is 19.4 Å². The lowest BCUT2D eigenvalue weighted by Crippen LogP contribution is -2.53. The van der Waals surface area contributed by atoms with Gasteiger partial charge in [-0.05, 0) is 55.4 Å². The van der Waals surface area contributed by atoms with E-state index in [1.165, 1.54) is 12.5 Å². The molecule has 4 aliphatic rings. The molecular formula is C21H28O4. The molecule has 0 spiro atoms. The van der Waals surface area contributed by atoms with Crippen molar-refractivity contribution in [1.82, 2.24) is 0 Å². The fourth-order valence-corrected chi connectivity index (χ4v) is 6.48. The number of hydrogen-bond acceptors (Lipinski definition) is 4. The van der Waals surface area contributed by atoms with E-state index in [9.17, 15) is 14.4 Å². The molecule has 25 heavy (non-hydrogen) atoms. The molecule has 0 saturated heterocycles. The van der Waals surface area contributed by atoms with Crippen molar-refractivity contribution in [3.63, 3.8) is 0 Å². The summed E-state index contributed by atoms with van der Waals surface area (Å²) in [6.45, 7) is 5.84. The summed E-state index contributed by atoms with van der Waals surface area (Å²) in [5.74, 6) is 0.888. The van der Waals surface area contributed by atoms with E-state index >= 15 is 0 Å². The number of fused-ring (bicyclic) bond motifs is 5. The first kappa shape index (κ1) is 17.0. The fraction of sp³-hybridized carbons (Fsp3) is 0.762. The monoisotopic (exact) mass is 344 g/mol. The van der Waals surface area contributed by atoms with Gasteiger partial charge >= 0.3 is 5.97 Å². The molecule has 3 fully saturated rings. The van der Waals surface area contributed by atoms with Crippen LogP contribution in [0.3, 0.4) is 0 Å². The van der Waals surface area contributed by atoms with E-state index in [4.69, 9.17) is 4.74 Å². The van der Waals surface area contributed by atoms with Crippen molar-refractivity contribution in [3.05, 3.63) is 11.6 Å². The van der Waals surface area contributed by atoms with Crippen molar-refractivity contribution in [2.24, 2.45) is 28.6 Å². The number of esters is 1. The van der Waals surface area contributed by atoms with Gasteiger partial charge < -0.3 is 4.74 Å². The molecular weight excluding hydrogens is 316 g/mol. The van der Waals surface area contributed by atoms with Crippen molar-refractivity contribution < 1.29 is 19.1 Å².